The Kier molecular flexibility index (Phi) is 3.46. The van der Waals surface area contributed by atoms with Crippen LogP contribution in [0.3, 0.4) is 0 Å². The fourth-order valence-corrected chi connectivity index (χ4v) is 4.33. The van der Waals surface area contributed by atoms with Crippen LogP contribution in [-0.2, 0) is 6.42 Å². The van der Waals surface area contributed by atoms with E-state index in [0.29, 0.717) is 11.5 Å². The van der Waals surface area contributed by atoms with Gasteiger partial charge in [0.2, 0.25) is 0 Å². The van der Waals surface area contributed by atoms with Gasteiger partial charge in [-0.3, -0.25) is 0 Å². The molecule has 2 N–H and O–H groups in total. The van der Waals surface area contributed by atoms with E-state index in [2.05, 4.69) is 43.4 Å². The maximum Gasteiger partial charge on any atom is 0.0463 e. The van der Waals surface area contributed by atoms with Crippen LogP contribution in [0.25, 0.3) is 0 Å². The summed E-state index contributed by atoms with van der Waals surface area (Å²) in [6.45, 7) is 9.39. The number of likely N-dealkylation sites (tertiary alicyclic amines) is 1. The molecule has 3 rings (SSSR count). The molecule has 3 heteroatoms. The Balaban J connectivity index is 2.00. The quantitative estimate of drug-likeness (QED) is 0.855. The molecular weight excluding hydrogens is 246 g/mol. The molecule has 2 aliphatic rings. The van der Waals surface area contributed by atoms with E-state index in [1.54, 1.807) is 0 Å². The van der Waals surface area contributed by atoms with Gasteiger partial charge in [0.1, 0.15) is 0 Å². The highest BCUT2D eigenvalue weighted by Crippen LogP contribution is 2.42. The number of aromatic nitrogens is 1. The van der Waals surface area contributed by atoms with Crippen molar-refractivity contribution >= 4 is 0 Å². The second-order valence-corrected chi connectivity index (χ2v) is 7.77. The summed E-state index contributed by atoms with van der Waals surface area (Å²) in [5, 5.41) is 0. The van der Waals surface area contributed by atoms with Crippen molar-refractivity contribution in [2.45, 2.75) is 58.5 Å². The van der Waals surface area contributed by atoms with E-state index in [-0.39, 0.29) is 6.04 Å². The minimum Gasteiger partial charge on any atom is -0.344 e. The minimum absolute atomic E-state index is 0.218. The molecule has 0 bridgehead atoms. The van der Waals surface area contributed by atoms with Crippen LogP contribution < -0.4 is 5.73 Å². The van der Waals surface area contributed by atoms with Gasteiger partial charge in [-0.15, -0.1) is 0 Å². The first-order valence-corrected chi connectivity index (χ1v) is 8.02. The summed E-state index contributed by atoms with van der Waals surface area (Å²) in [4.78, 5) is 2.47. The van der Waals surface area contributed by atoms with Gasteiger partial charge in [0.05, 0.1) is 0 Å². The Morgan fingerprint density at radius 2 is 2.10 bits per heavy atom. The molecule has 2 heterocycles. The van der Waals surface area contributed by atoms with Gasteiger partial charge in [0, 0.05) is 30.0 Å². The van der Waals surface area contributed by atoms with Crippen LogP contribution >= 0.6 is 0 Å². The second kappa shape index (κ2) is 4.88. The molecule has 0 spiro atoms. The zero-order valence-electron chi connectivity index (χ0n) is 13.4. The van der Waals surface area contributed by atoms with Gasteiger partial charge < -0.3 is 15.2 Å². The van der Waals surface area contributed by atoms with Gasteiger partial charge in [0.25, 0.3) is 0 Å². The maximum atomic E-state index is 6.44. The van der Waals surface area contributed by atoms with Gasteiger partial charge in [-0.25, -0.2) is 0 Å². The molecule has 1 aromatic rings. The van der Waals surface area contributed by atoms with E-state index in [0.717, 1.165) is 6.42 Å². The molecule has 0 radical (unpaired) electrons. The lowest BCUT2D eigenvalue weighted by molar-refractivity contribution is 0.201. The van der Waals surface area contributed by atoms with Crippen molar-refractivity contribution < 1.29 is 0 Å². The van der Waals surface area contributed by atoms with Crippen LogP contribution in [0.2, 0.25) is 0 Å². The van der Waals surface area contributed by atoms with E-state index >= 15 is 0 Å². The molecule has 0 amide bonds. The van der Waals surface area contributed by atoms with Crippen molar-refractivity contribution in [2.75, 3.05) is 20.1 Å². The van der Waals surface area contributed by atoms with Crippen LogP contribution in [0.15, 0.2) is 6.07 Å². The molecule has 1 aliphatic carbocycles. The minimum atomic E-state index is 0.218. The van der Waals surface area contributed by atoms with Gasteiger partial charge >= 0.3 is 0 Å². The van der Waals surface area contributed by atoms with Crippen LogP contribution in [-0.4, -0.2) is 29.6 Å². The smallest absolute Gasteiger partial charge is 0.0463 e. The zero-order chi connectivity index (χ0) is 14.5. The van der Waals surface area contributed by atoms with Crippen LogP contribution in [0.4, 0.5) is 0 Å². The molecule has 2 unspecified atom stereocenters. The highest BCUT2D eigenvalue weighted by atomic mass is 15.2. The molecule has 1 saturated heterocycles. The summed E-state index contributed by atoms with van der Waals surface area (Å²) in [5.41, 5.74) is 11.1. The summed E-state index contributed by atoms with van der Waals surface area (Å²) in [5.74, 6) is 0. The SMILES string of the molecule is Cc1cc2c(n1C1CCCN(C)C1)CC(C)(C)CC2N. The van der Waals surface area contributed by atoms with Crippen molar-refractivity contribution in [1.29, 1.82) is 0 Å². The molecule has 3 nitrogen and oxygen atoms in total. The molecule has 2 atom stereocenters. The standard InChI is InChI=1S/C17H29N3/c1-12-8-14-15(18)9-17(2,3)10-16(14)20(12)13-6-5-7-19(4)11-13/h8,13,15H,5-7,9-11,18H2,1-4H3. The van der Waals surface area contributed by atoms with E-state index < -0.39 is 0 Å². The number of hydrogen-bond acceptors (Lipinski definition) is 2. The first kappa shape index (κ1) is 14.2. The third-order valence-corrected chi connectivity index (χ3v) is 5.15. The average Bonchev–Trinajstić information content (AvgIpc) is 2.64. The average molecular weight is 275 g/mol. The van der Waals surface area contributed by atoms with Crippen molar-refractivity contribution in [1.82, 2.24) is 9.47 Å². The second-order valence-electron chi connectivity index (χ2n) is 7.77. The number of piperidine rings is 1. The predicted molar refractivity (Wildman–Crippen MR) is 84.0 cm³/mol. The summed E-state index contributed by atoms with van der Waals surface area (Å²) in [7, 11) is 2.24. The molecule has 20 heavy (non-hydrogen) atoms. The normalized spacial score (nSPS) is 30.2. The zero-order valence-corrected chi connectivity index (χ0v) is 13.4. The van der Waals surface area contributed by atoms with Crippen LogP contribution in [0.5, 0.6) is 0 Å². The molecule has 112 valence electrons. The van der Waals surface area contributed by atoms with Crippen LogP contribution in [0, 0.1) is 12.3 Å². The fourth-order valence-electron chi connectivity index (χ4n) is 4.33. The van der Waals surface area contributed by atoms with Gasteiger partial charge in [-0.1, -0.05) is 13.8 Å². The summed E-state index contributed by atoms with van der Waals surface area (Å²) in [6.07, 6.45) is 4.89. The van der Waals surface area contributed by atoms with E-state index in [1.165, 1.54) is 49.3 Å². The molecule has 1 aromatic heterocycles. The Hall–Kier alpha value is -0.800. The Labute approximate surface area is 123 Å². The molecule has 0 saturated carbocycles. The van der Waals surface area contributed by atoms with Crippen molar-refractivity contribution in [3.05, 3.63) is 23.0 Å². The maximum absolute atomic E-state index is 6.44. The van der Waals surface area contributed by atoms with E-state index in [4.69, 9.17) is 5.73 Å². The van der Waals surface area contributed by atoms with E-state index in [1.807, 2.05) is 0 Å². The number of aryl methyl sites for hydroxylation is 1. The number of fused-ring (bicyclic) bond motifs is 1. The van der Waals surface area contributed by atoms with Gasteiger partial charge in [-0.2, -0.15) is 0 Å². The largest absolute Gasteiger partial charge is 0.344 e. The molecule has 1 fully saturated rings. The monoisotopic (exact) mass is 275 g/mol. The van der Waals surface area contributed by atoms with Crippen LogP contribution in [0.1, 0.15) is 62.1 Å². The lowest BCUT2D eigenvalue weighted by atomic mass is 9.74. The fraction of sp³-hybridized carbons (Fsp3) is 0.765. The summed E-state index contributed by atoms with van der Waals surface area (Å²) >= 11 is 0. The lowest BCUT2D eigenvalue weighted by Gasteiger charge is -2.38. The molecule has 0 aromatic carbocycles. The molecule has 1 aliphatic heterocycles. The highest BCUT2D eigenvalue weighted by Gasteiger charge is 2.35. The third-order valence-electron chi connectivity index (χ3n) is 5.15. The first-order chi connectivity index (χ1) is 9.37. The Bertz CT molecular complexity index is 501. The number of rotatable bonds is 1. The number of nitrogens with two attached hydrogens (primary N) is 1. The number of likely N-dealkylation sites (N-methyl/N-ethyl adjacent to an activating group) is 1. The number of nitrogens with zero attached hydrogens (tertiary/aromatic N) is 2. The van der Waals surface area contributed by atoms with Crippen molar-refractivity contribution in [3.8, 4) is 0 Å². The third kappa shape index (κ3) is 2.42. The van der Waals surface area contributed by atoms with Crippen molar-refractivity contribution in [3.63, 3.8) is 0 Å². The number of hydrogen-bond donors (Lipinski definition) is 1. The molecular formula is C17H29N3. The summed E-state index contributed by atoms with van der Waals surface area (Å²) < 4.78 is 2.62. The van der Waals surface area contributed by atoms with Gasteiger partial charge in [-0.05, 0) is 63.2 Å². The first-order valence-electron chi connectivity index (χ1n) is 8.02. The van der Waals surface area contributed by atoms with Gasteiger partial charge in [0.15, 0.2) is 0 Å². The van der Waals surface area contributed by atoms with Crippen molar-refractivity contribution in [2.24, 2.45) is 11.1 Å². The summed E-state index contributed by atoms with van der Waals surface area (Å²) in [6, 6.07) is 3.21. The predicted octanol–water partition coefficient (Wildman–Crippen LogP) is 3.04. The van der Waals surface area contributed by atoms with E-state index in [9.17, 15) is 0 Å². The Morgan fingerprint density at radius 1 is 1.35 bits per heavy atom. The highest BCUT2D eigenvalue weighted by molar-refractivity contribution is 5.34. The Morgan fingerprint density at radius 3 is 2.80 bits per heavy atom. The topological polar surface area (TPSA) is 34.2 Å². The lowest BCUT2D eigenvalue weighted by Crippen LogP contribution is -2.36.